The number of carbonyl (C=O) groups excluding carboxylic acids is 1. The van der Waals surface area contributed by atoms with Crippen LogP contribution < -0.4 is 9.80 Å². The summed E-state index contributed by atoms with van der Waals surface area (Å²) in [6, 6.07) is 3.51. The van der Waals surface area contributed by atoms with E-state index in [4.69, 9.17) is 4.98 Å². The first-order valence-corrected chi connectivity index (χ1v) is 9.27. The van der Waals surface area contributed by atoms with E-state index in [0.29, 0.717) is 29.6 Å². The zero-order valence-corrected chi connectivity index (χ0v) is 16.3. The molecule has 4 rings (SSSR count). The van der Waals surface area contributed by atoms with Crippen molar-refractivity contribution in [3.05, 3.63) is 36.9 Å². The largest absolute Gasteiger partial charge is 0.340 e. The maximum Gasteiger partial charge on any atom is 0.249 e. The van der Waals surface area contributed by atoms with E-state index in [0.717, 1.165) is 5.82 Å². The lowest BCUT2D eigenvalue weighted by molar-refractivity contribution is -0.120. The number of carbonyl (C=O) groups is 1. The topological polar surface area (TPSA) is 92.9 Å². The third-order valence-corrected chi connectivity index (χ3v) is 4.90. The van der Waals surface area contributed by atoms with Gasteiger partial charge in [-0.3, -0.25) is 9.36 Å². The molecule has 0 aromatic carbocycles. The van der Waals surface area contributed by atoms with Crippen LogP contribution in [0.25, 0.3) is 17.5 Å². The summed E-state index contributed by atoms with van der Waals surface area (Å²) in [6.07, 6.45) is 7.48. The second-order valence-electron chi connectivity index (χ2n) is 6.93. The number of fused-ring (bicyclic) bond motifs is 1. The highest BCUT2D eigenvalue weighted by atomic mass is 16.2. The van der Waals surface area contributed by atoms with Crippen LogP contribution in [0, 0.1) is 0 Å². The minimum atomic E-state index is -0.248. The van der Waals surface area contributed by atoms with E-state index in [-0.39, 0.29) is 18.0 Å². The maximum atomic E-state index is 12.8. The van der Waals surface area contributed by atoms with Gasteiger partial charge in [0.15, 0.2) is 11.6 Å². The Morgan fingerprint density at radius 1 is 1.21 bits per heavy atom. The highest BCUT2D eigenvalue weighted by Gasteiger charge is 2.38. The summed E-state index contributed by atoms with van der Waals surface area (Å²) < 4.78 is 1.78. The maximum absolute atomic E-state index is 12.8. The standard InChI is InChI=1S/C19H22N8O/c1-5-14-18(28)25(4)15-11-21-19(23-17(15)27(14)12(2)3)26-10-9-20-16(26)13-7-6-8-22-24-13/h6-12,14H,5H2,1-4H3/t14-/m1/s1. The van der Waals surface area contributed by atoms with Gasteiger partial charge in [-0.2, -0.15) is 10.1 Å². The van der Waals surface area contributed by atoms with Crippen molar-refractivity contribution >= 4 is 17.4 Å². The Kier molecular flexibility index (Phi) is 4.50. The van der Waals surface area contributed by atoms with Crippen LogP contribution in [0.1, 0.15) is 27.2 Å². The predicted octanol–water partition coefficient (Wildman–Crippen LogP) is 2.09. The van der Waals surface area contributed by atoms with E-state index in [1.165, 1.54) is 0 Å². The molecule has 0 unspecified atom stereocenters. The molecule has 1 atom stereocenters. The summed E-state index contributed by atoms with van der Waals surface area (Å²) in [5, 5.41) is 8.06. The average Bonchev–Trinajstić information content (AvgIpc) is 3.20. The molecule has 144 valence electrons. The summed E-state index contributed by atoms with van der Waals surface area (Å²) in [6.45, 7) is 6.14. The number of amides is 1. The van der Waals surface area contributed by atoms with Crippen molar-refractivity contribution < 1.29 is 4.79 Å². The first-order chi connectivity index (χ1) is 13.5. The SMILES string of the molecule is CC[C@@H]1C(=O)N(C)c2cnc(-n3ccnc3-c3cccnn3)nc2N1C(C)C. The molecule has 0 radical (unpaired) electrons. The van der Waals surface area contributed by atoms with Gasteiger partial charge in [0.05, 0.1) is 6.20 Å². The molecule has 4 heterocycles. The average molecular weight is 378 g/mol. The molecular formula is C19H22N8O. The Morgan fingerprint density at radius 2 is 2.04 bits per heavy atom. The second-order valence-corrected chi connectivity index (χ2v) is 6.93. The Bertz CT molecular complexity index is 1000. The lowest BCUT2D eigenvalue weighted by Crippen LogP contribution is -2.55. The van der Waals surface area contributed by atoms with E-state index < -0.39 is 0 Å². The monoisotopic (exact) mass is 378 g/mol. The first kappa shape index (κ1) is 18.0. The predicted molar refractivity (Wildman–Crippen MR) is 105 cm³/mol. The van der Waals surface area contributed by atoms with Crippen molar-refractivity contribution in [2.24, 2.45) is 0 Å². The van der Waals surface area contributed by atoms with Gasteiger partial charge in [-0.1, -0.05) is 6.92 Å². The van der Waals surface area contributed by atoms with Crippen molar-refractivity contribution in [3.63, 3.8) is 0 Å². The molecule has 1 aliphatic heterocycles. The molecule has 0 bridgehead atoms. The van der Waals surface area contributed by atoms with E-state index in [1.54, 1.807) is 41.3 Å². The Hall–Kier alpha value is -3.36. The van der Waals surface area contributed by atoms with Crippen LogP contribution in [0.3, 0.4) is 0 Å². The number of likely N-dealkylation sites (N-methyl/N-ethyl adjacent to an activating group) is 1. The number of anilines is 2. The fraction of sp³-hybridized carbons (Fsp3) is 0.368. The molecule has 0 saturated heterocycles. The van der Waals surface area contributed by atoms with Crippen molar-refractivity contribution in [2.75, 3.05) is 16.8 Å². The van der Waals surface area contributed by atoms with E-state index in [9.17, 15) is 4.79 Å². The molecule has 28 heavy (non-hydrogen) atoms. The van der Waals surface area contributed by atoms with Gasteiger partial charge in [0.25, 0.3) is 0 Å². The van der Waals surface area contributed by atoms with Gasteiger partial charge in [-0.15, -0.1) is 5.10 Å². The number of aromatic nitrogens is 6. The van der Waals surface area contributed by atoms with E-state index in [1.807, 2.05) is 19.1 Å². The zero-order chi connectivity index (χ0) is 19.8. The molecule has 1 aliphatic rings. The fourth-order valence-electron chi connectivity index (χ4n) is 3.56. The van der Waals surface area contributed by atoms with Gasteiger partial charge in [-0.25, -0.2) is 9.97 Å². The van der Waals surface area contributed by atoms with Crippen molar-refractivity contribution in [2.45, 2.75) is 39.3 Å². The third kappa shape index (κ3) is 2.79. The lowest BCUT2D eigenvalue weighted by atomic mass is 10.1. The summed E-state index contributed by atoms with van der Waals surface area (Å²) in [4.78, 5) is 30.2. The van der Waals surface area contributed by atoms with Crippen molar-refractivity contribution in [1.29, 1.82) is 0 Å². The van der Waals surface area contributed by atoms with Crippen LogP contribution in [-0.2, 0) is 4.79 Å². The molecule has 0 saturated carbocycles. The van der Waals surface area contributed by atoms with E-state index in [2.05, 4.69) is 38.9 Å². The highest BCUT2D eigenvalue weighted by molar-refractivity contribution is 6.04. The molecular weight excluding hydrogens is 356 g/mol. The molecule has 9 heteroatoms. The second kappa shape index (κ2) is 6.99. The Labute approximate surface area is 163 Å². The minimum Gasteiger partial charge on any atom is -0.340 e. The van der Waals surface area contributed by atoms with Gasteiger partial charge in [0.1, 0.15) is 17.4 Å². The van der Waals surface area contributed by atoms with Crippen LogP contribution in [0.4, 0.5) is 11.5 Å². The van der Waals surface area contributed by atoms with Crippen molar-refractivity contribution in [1.82, 2.24) is 29.7 Å². The number of rotatable bonds is 4. The summed E-state index contributed by atoms with van der Waals surface area (Å²) in [7, 11) is 1.77. The highest BCUT2D eigenvalue weighted by Crippen LogP contribution is 2.36. The number of imidazole rings is 1. The molecule has 3 aromatic heterocycles. The number of hydrogen-bond donors (Lipinski definition) is 0. The quantitative estimate of drug-likeness (QED) is 0.686. The number of nitrogens with zero attached hydrogens (tertiary/aromatic N) is 8. The van der Waals surface area contributed by atoms with Gasteiger partial charge < -0.3 is 9.80 Å². The van der Waals surface area contributed by atoms with Gasteiger partial charge in [-0.05, 0) is 32.4 Å². The van der Waals surface area contributed by atoms with Crippen LogP contribution in [0.5, 0.6) is 0 Å². The Balaban J connectivity index is 1.85. The molecule has 0 fully saturated rings. The van der Waals surface area contributed by atoms with Crippen LogP contribution in [0.2, 0.25) is 0 Å². The fourth-order valence-corrected chi connectivity index (χ4v) is 3.56. The van der Waals surface area contributed by atoms with Gasteiger partial charge in [0, 0.05) is 31.7 Å². The third-order valence-electron chi connectivity index (χ3n) is 4.90. The summed E-state index contributed by atoms with van der Waals surface area (Å²) in [5.74, 6) is 1.88. The Morgan fingerprint density at radius 3 is 2.71 bits per heavy atom. The molecule has 3 aromatic rings. The molecule has 9 nitrogen and oxygen atoms in total. The summed E-state index contributed by atoms with van der Waals surface area (Å²) >= 11 is 0. The molecule has 1 amide bonds. The first-order valence-electron chi connectivity index (χ1n) is 9.27. The summed E-state index contributed by atoms with van der Waals surface area (Å²) in [5.41, 5.74) is 1.33. The molecule has 0 aliphatic carbocycles. The molecule has 0 spiro atoms. The van der Waals surface area contributed by atoms with E-state index >= 15 is 0 Å². The van der Waals surface area contributed by atoms with Gasteiger partial charge in [0.2, 0.25) is 11.9 Å². The minimum absolute atomic E-state index is 0.0583. The van der Waals surface area contributed by atoms with Crippen LogP contribution >= 0.6 is 0 Å². The van der Waals surface area contributed by atoms with Crippen molar-refractivity contribution in [3.8, 4) is 17.5 Å². The smallest absolute Gasteiger partial charge is 0.249 e. The lowest BCUT2D eigenvalue weighted by Gasteiger charge is -2.42. The zero-order valence-electron chi connectivity index (χ0n) is 16.3. The van der Waals surface area contributed by atoms with Crippen LogP contribution in [-0.4, -0.2) is 54.8 Å². The molecule has 0 N–H and O–H groups in total. The van der Waals surface area contributed by atoms with Crippen LogP contribution in [0.15, 0.2) is 36.9 Å². The normalized spacial score (nSPS) is 16.6. The number of hydrogen-bond acceptors (Lipinski definition) is 7. The van der Waals surface area contributed by atoms with Gasteiger partial charge >= 0.3 is 0 Å².